The van der Waals surface area contributed by atoms with E-state index in [4.69, 9.17) is 9.47 Å². The number of ether oxygens (including phenoxy) is 2. The van der Waals surface area contributed by atoms with Crippen LogP contribution < -0.4 is 5.32 Å². The van der Waals surface area contributed by atoms with Crippen molar-refractivity contribution in [2.75, 3.05) is 53.0 Å². The lowest BCUT2D eigenvalue weighted by Gasteiger charge is -2.32. The maximum atomic E-state index is 11.1. The van der Waals surface area contributed by atoms with Crippen LogP contribution in [-0.4, -0.2) is 63.9 Å². The minimum absolute atomic E-state index is 0.0711. The summed E-state index contributed by atoms with van der Waals surface area (Å²) in [6.45, 7) is 7.15. The number of carbonyl (C=O) groups is 1. The first kappa shape index (κ1) is 15.4. The highest BCUT2D eigenvalue weighted by atomic mass is 16.6. The smallest absolute Gasteiger partial charge is 0.332 e. The van der Waals surface area contributed by atoms with Gasteiger partial charge in [-0.25, -0.2) is 4.79 Å². The lowest BCUT2D eigenvalue weighted by molar-refractivity contribution is -0.148. The standard InChI is InChI=1S/C13H26N2O3/c1-3-18-13(16)11-17-8-7-15-6-4-5-12(10-15)9-14-2/h12,14H,3-11H2,1-2H3. The molecule has 0 radical (unpaired) electrons. The molecule has 1 aliphatic rings. The Bertz CT molecular complexity index is 234. The van der Waals surface area contributed by atoms with E-state index in [-0.39, 0.29) is 12.6 Å². The molecule has 18 heavy (non-hydrogen) atoms. The summed E-state index contributed by atoms with van der Waals surface area (Å²) in [6.07, 6.45) is 2.56. The summed E-state index contributed by atoms with van der Waals surface area (Å²) in [4.78, 5) is 13.5. The molecule has 0 amide bonds. The fraction of sp³-hybridized carbons (Fsp3) is 0.923. The van der Waals surface area contributed by atoms with E-state index in [1.165, 1.54) is 12.8 Å². The summed E-state index contributed by atoms with van der Waals surface area (Å²) < 4.78 is 10.1. The van der Waals surface area contributed by atoms with Crippen LogP contribution in [0.2, 0.25) is 0 Å². The summed E-state index contributed by atoms with van der Waals surface area (Å²) in [5, 5.41) is 3.24. The van der Waals surface area contributed by atoms with Gasteiger partial charge in [0.2, 0.25) is 0 Å². The van der Waals surface area contributed by atoms with Crippen molar-refractivity contribution in [3.05, 3.63) is 0 Å². The highest BCUT2D eigenvalue weighted by Gasteiger charge is 2.18. The van der Waals surface area contributed by atoms with Crippen LogP contribution in [0.15, 0.2) is 0 Å². The number of hydrogen-bond acceptors (Lipinski definition) is 5. The summed E-state index contributed by atoms with van der Waals surface area (Å²) in [6, 6.07) is 0. The molecule has 0 aromatic heterocycles. The number of carbonyl (C=O) groups excluding carboxylic acids is 1. The van der Waals surface area contributed by atoms with Crippen LogP contribution >= 0.6 is 0 Å². The molecule has 1 aliphatic heterocycles. The van der Waals surface area contributed by atoms with Gasteiger partial charge in [-0.1, -0.05) is 0 Å². The van der Waals surface area contributed by atoms with E-state index in [0.29, 0.717) is 13.2 Å². The number of esters is 1. The quantitative estimate of drug-likeness (QED) is 0.507. The number of piperidine rings is 1. The molecule has 1 saturated heterocycles. The third-order valence-electron chi connectivity index (χ3n) is 3.17. The summed E-state index contributed by atoms with van der Waals surface area (Å²) in [5.41, 5.74) is 0. The highest BCUT2D eigenvalue weighted by Crippen LogP contribution is 2.15. The van der Waals surface area contributed by atoms with E-state index in [0.717, 1.165) is 32.1 Å². The Morgan fingerprint density at radius 3 is 3.06 bits per heavy atom. The van der Waals surface area contributed by atoms with Crippen molar-refractivity contribution in [1.29, 1.82) is 0 Å². The molecule has 0 aromatic carbocycles. The lowest BCUT2D eigenvalue weighted by atomic mass is 9.98. The van der Waals surface area contributed by atoms with Crippen LogP contribution in [0.4, 0.5) is 0 Å². The third kappa shape index (κ3) is 6.33. The van der Waals surface area contributed by atoms with E-state index in [1.807, 2.05) is 7.05 Å². The van der Waals surface area contributed by atoms with Gasteiger partial charge in [-0.05, 0) is 45.8 Å². The molecular weight excluding hydrogens is 232 g/mol. The summed E-state index contributed by atoms with van der Waals surface area (Å²) in [7, 11) is 2.00. The number of nitrogens with zero attached hydrogens (tertiary/aromatic N) is 1. The molecule has 5 heteroatoms. The van der Waals surface area contributed by atoms with Crippen LogP contribution in [-0.2, 0) is 14.3 Å². The average Bonchev–Trinajstić information content (AvgIpc) is 2.36. The van der Waals surface area contributed by atoms with Crippen molar-refractivity contribution >= 4 is 5.97 Å². The second-order valence-corrected chi connectivity index (χ2v) is 4.72. The normalized spacial score (nSPS) is 20.9. The second kappa shape index (κ2) is 9.30. The molecule has 0 spiro atoms. The van der Waals surface area contributed by atoms with Gasteiger partial charge in [0.05, 0.1) is 13.2 Å². The van der Waals surface area contributed by atoms with Crippen molar-refractivity contribution in [3.8, 4) is 0 Å². The predicted octanol–water partition coefficient (Wildman–Crippen LogP) is 0.498. The summed E-state index contributed by atoms with van der Waals surface area (Å²) >= 11 is 0. The first-order valence-electron chi connectivity index (χ1n) is 6.86. The second-order valence-electron chi connectivity index (χ2n) is 4.72. The molecule has 0 aliphatic carbocycles. The van der Waals surface area contributed by atoms with Gasteiger partial charge in [0.1, 0.15) is 6.61 Å². The molecule has 1 N–H and O–H groups in total. The number of likely N-dealkylation sites (tertiary alicyclic amines) is 1. The minimum atomic E-state index is -0.274. The molecule has 1 heterocycles. The number of rotatable bonds is 8. The zero-order valence-corrected chi connectivity index (χ0v) is 11.6. The van der Waals surface area contributed by atoms with Gasteiger partial charge >= 0.3 is 5.97 Å². The molecule has 0 aromatic rings. The van der Waals surface area contributed by atoms with Crippen molar-refractivity contribution in [2.24, 2.45) is 5.92 Å². The van der Waals surface area contributed by atoms with Crippen LogP contribution in [0, 0.1) is 5.92 Å². The van der Waals surface area contributed by atoms with E-state index in [2.05, 4.69) is 10.2 Å². The Hall–Kier alpha value is -0.650. The van der Waals surface area contributed by atoms with Gasteiger partial charge in [0, 0.05) is 13.1 Å². The van der Waals surface area contributed by atoms with E-state index in [9.17, 15) is 4.79 Å². The molecule has 1 unspecified atom stereocenters. The van der Waals surface area contributed by atoms with Crippen molar-refractivity contribution in [3.63, 3.8) is 0 Å². The number of nitrogens with one attached hydrogen (secondary N) is 1. The Labute approximate surface area is 110 Å². The minimum Gasteiger partial charge on any atom is -0.464 e. The van der Waals surface area contributed by atoms with Gasteiger partial charge in [0.15, 0.2) is 0 Å². The first-order valence-corrected chi connectivity index (χ1v) is 6.86. The molecule has 1 fully saturated rings. The molecule has 0 bridgehead atoms. The molecular formula is C13H26N2O3. The van der Waals surface area contributed by atoms with E-state index < -0.39 is 0 Å². The van der Waals surface area contributed by atoms with Gasteiger partial charge in [0.25, 0.3) is 0 Å². The van der Waals surface area contributed by atoms with Crippen molar-refractivity contribution in [1.82, 2.24) is 10.2 Å². The van der Waals surface area contributed by atoms with Gasteiger partial charge < -0.3 is 19.7 Å². The maximum Gasteiger partial charge on any atom is 0.332 e. The van der Waals surface area contributed by atoms with Crippen LogP contribution in [0.3, 0.4) is 0 Å². The Morgan fingerprint density at radius 1 is 1.50 bits per heavy atom. The van der Waals surface area contributed by atoms with Crippen LogP contribution in [0.1, 0.15) is 19.8 Å². The SMILES string of the molecule is CCOC(=O)COCCN1CCCC(CNC)C1. The fourth-order valence-corrected chi connectivity index (χ4v) is 2.36. The molecule has 1 atom stereocenters. The Kier molecular flexibility index (Phi) is 7.96. The van der Waals surface area contributed by atoms with E-state index in [1.54, 1.807) is 6.92 Å². The first-order chi connectivity index (χ1) is 8.76. The zero-order chi connectivity index (χ0) is 13.2. The molecule has 1 rings (SSSR count). The Morgan fingerprint density at radius 2 is 2.33 bits per heavy atom. The highest BCUT2D eigenvalue weighted by molar-refractivity contribution is 5.70. The van der Waals surface area contributed by atoms with Crippen molar-refractivity contribution < 1.29 is 14.3 Å². The molecule has 106 valence electrons. The molecule has 5 nitrogen and oxygen atoms in total. The largest absolute Gasteiger partial charge is 0.464 e. The van der Waals surface area contributed by atoms with Gasteiger partial charge in [-0.2, -0.15) is 0 Å². The van der Waals surface area contributed by atoms with Crippen LogP contribution in [0.25, 0.3) is 0 Å². The van der Waals surface area contributed by atoms with Crippen molar-refractivity contribution in [2.45, 2.75) is 19.8 Å². The average molecular weight is 258 g/mol. The predicted molar refractivity (Wildman–Crippen MR) is 70.5 cm³/mol. The number of hydrogen-bond donors (Lipinski definition) is 1. The monoisotopic (exact) mass is 258 g/mol. The maximum absolute atomic E-state index is 11.1. The van der Waals surface area contributed by atoms with Crippen LogP contribution in [0.5, 0.6) is 0 Å². The zero-order valence-electron chi connectivity index (χ0n) is 11.6. The Balaban J connectivity index is 2.06. The van der Waals surface area contributed by atoms with Gasteiger partial charge in [-0.3, -0.25) is 0 Å². The fourth-order valence-electron chi connectivity index (χ4n) is 2.36. The third-order valence-corrected chi connectivity index (χ3v) is 3.17. The topological polar surface area (TPSA) is 50.8 Å². The lowest BCUT2D eigenvalue weighted by Crippen LogP contribution is -2.40. The summed E-state index contributed by atoms with van der Waals surface area (Å²) in [5.74, 6) is 0.470. The van der Waals surface area contributed by atoms with E-state index >= 15 is 0 Å². The molecule has 0 saturated carbocycles. The van der Waals surface area contributed by atoms with Gasteiger partial charge in [-0.15, -0.1) is 0 Å².